The van der Waals surface area contributed by atoms with Crippen molar-refractivity contribution in [2.75, 3.05) is 6.61 Å². The van der Waals surface area contributed by atoms with Gasteiger partial charge in [0.1, 0.15) is 6.10 Å². The van der Waals surface area contributed by atoms with Crippen LogP contribution >= 0.6 is 0 Å². The van der Waals surface area contributed by atoms with E-state index in [0.717, 1.165) is 57.8 Å². The van der Waals surface area contributed by atoms with Crippen molar-refractivity contribution in [1.29, 1.82) is 0 Å². The van der Waals surface area contributed by atoms with Crippen LogP contribution < -0.4 is 5.32 Å². The van der Waals surface area contributed by atoms with Gasteiger partial charge in [-0.15, -0.1) is 0 Å². The average Bonchev–Trinajstić information content (AvgIpc) is 3.19. The van der Waals surface area contributed by atoms with E-state index in [2.05, 4.69) is 38.2 Å². The molecule has 0 saturated heterocycles. The molecule has 0 fully saturated rings. The smallest absolute Gasteiger partial charge is 0.306 e. The van der Waals surface area contributed by atoms with Gasteiger partial charge in [0.25, 0.3) is 0 Å². The minimum absolute atomic E-state index is 0.0253. The fourth-order valence-corrected chi connectivity index (χ4v) is 6.70. The zero-order chi connectivity index (χ0) is 41.0. The van der Waals surface area contributed by atoms with E-state index in [4.69, 9.17) is 4.74 Å². The minimum atomic E-state index is -0.807. The summed E-state index contributed by atoms with van der Waals surface area (Å²) >= 11 is 0. The predicted molar refractivity (Wildman–Crippen MR) is 241 cm³/mol. The van der Waals surface area contributed by atoms with Crippen LogP contribution in [-0.4, -0.2) is 46.9 Å². The van der Waals surface area contributed by atoms with Gasteiger partial charge >= 0.3 is 5.97 Å². The summed E-state index contributed by atoms with van der Waals surface area (Å²) in [7, 11) is 0. The Morgan fingerprint density at radius 2 is 0.964 bits per heavy atom. The average molecular weight is 782 g/mol. The van der Waals surface area contributed by atoms with Crippen molar-refractivity contribution in [3.8, 4) is 0 Å². The van der Waals surface area contributed by atoms with Crippen LogP contribution in [0.25, 0.3) is 0 Å². The SMILES string of the molecule is CC\C=C/C=C/C=C/C=C\C=C\C=C\CCCC(CC(=O)NC(CO)C(O)CCCCCCCCCCCCCCC)OC(=O)CCCCCCCCCCC. The maximum absolute atomic E-state index is 13.1. The molecule has 0 aliphatic rings. The highest BCUT2D eigenvalue weighted by Gasteiger charge is 2.24. The van der Waals surface area contributed by atoms with Gasteiger partial charge in [0.2, 0.25) is 5.91 Å². The molecule has 0 aliphatic heterocycles. The van der Waals surface area contributed by atoms with Gasteiger partial charge in [-0.25, -0.2) is 0 Å². The molecule has 0 aromatic heterocycles. The summed E-state index contributed by atoms with van der Waals surface area (Å²) in [5, 5.41) is 23.6. The van der Waals surface area contributed by atoms with Gasteiger partial charge in [-0.2, -0.15) is 0 Å². The fraction of sp³-hybridized carbons (Fsp3) is 0.720. The van der Waals surface area contributed by atoms with E-state index >= 15 is 0 Å². The Kier molecular flexibility index (Phi) is 41.3. The second-order valence-corrected chi connectivity index (χ2v) is 15.6. The number of nitrogens with one attached hydrogen (secondary N) is 1. The molecule has 0 aromatic rings. The Morgan fingerprint density at radius 3 is 1.43 bits per heavy atom. The van der Waals surface area contributed by atoms with Crippen molar-refractivity contribution in [3.63, 3.8) is 0 Å². The highest BCUT2D eigenvalue weighted by Crippen LogP contribution is 2.17. The maximum Gasteiger partial charge on any atom is 0.306 e. The van der Waals surface area contributed by atoms with Gasteiger partial charge in [0, 0.05) is 6.42 Å². The van der Waals surface area contributed by atoms with Crippen molar-refractivity contribution in [2.24, 2.45) is 0 Å². The number of unbranched alkanes of at least 4 members (excludes halogenated alkanes) is 21. The van der Waals surface area contributed by atoms with E-state index in [1.54, 1.807) is 0 Å². The lowest BCUT2D eigenvalue weighted by Crippen LogP contribution is -2.46. The number of amides is 1. The summed E-state index contributed by atoms with van der Waals surface area (Å²) in [6, 6.07) is -0.725. The number of hydrogen-bond acceptors (Lipinski definition) is 5. The molecule has 0 bridgehead atoms. The molecule has 0 aromatic carbocycles. The van der Waals surface area contributed by atoms with Crippen LogP contribution in [0.2, 0.25) is 0 Å². The molecule has 0 heterocycles. The zero-order valence-electron chi connectivity index (χ0n) is 36.5. The summed E-state index contributed by atoms with van der Waals surface area (Å²) < 4.78 is 5.85. The largest absolute Gasteiger partial charge is 0.462 e. The Balaban J connectivity index is 4.73. The van der Waals surface area contributed by atoms with Crippen molar-refractivity contribution < 1.29 is 24.5 Å². The maximum atomic E-state index is 13.1. The Hall–Kier alpha value is -2.70. The molecule has 3 N–H and O–H groups in total. The van der Waals surface area contributed by atoms with Crippen LogP contribution in [0.15, 0.2) is 72.9 Å². The zero-order valence-corrected chi connectivity index (χ0v) is 36.5. The molecule has 3 atom stereocenters. The van der Waals surface area contributed by atoms with Gasteiger partial charge in [0.05, 0.1) is 25.2 Å². The number of allylic oxidation sites excluding steroid dienone is 12. The van der Waals surface area contributed by atoms with Crippen molar-refractivity contribution in [1.82, 2.24) is 5.32 Å². The number of aliphatic hydroxyl groups is 2. The number of aliphatic hydroxyl groups excluding tert-OH is 2. The van der Waals surface area contributed by atoms with Gasteiger partial charge in [-0.05, 0) is 38.5 Å². The predicted octanol–water partition coefficient (Wildman–Crippen LogP) is 13.4. The van der Waals surface area contributed by atoms with Crippen molar-refractivity contribution >= 4 is 11.9 Å². The lowest BCUT2D eigenvalue weighted by molar-refractivity contribution is -0.151. The third-order valence-electron chi connectivity index (χ3n) is 10.2. The first kappa shape index (κ1) is 53.3. The molecule has 0 saturated carbocycles. The van der Waals surface area contributed by atoms with Gasteiger partial charge < -0.3 is 20.3 Å². The number of carbonyl (C=O) groups is 2. The number of rotatable bonds is 40. The molecule has 0 aliphatic carbocycles. The summed E-state index contributed by atoms with van der Waals surface area (Å²) in [6.45, 7) is 6.28. The third kappa shape index (κ3) is 38.2. The van der Waals surface area contributed by atoms with Crippen LogP contribution in [0, 0.1) is 0 Å². The van der Waals surface area contributed by atoms with E-state index in [0.29, 0.717) is 19.3 Å². The fourth-order valence-electron chi connectivity index (χ4n) is 6.70. The molecule has 6 heteroatoms. The van der Waals surface area contributed by atoms with Crippen LogP contribution in [0.5, 0.6) is 0 Å². The molecule has 6 nitrogen and oxygen atoms in total. The standard InChI is InChI=1S/C50H87NO5/c1-4-7-10-13-16-19-21-23-24-26-27-30-32-35-38-41-46(56-50(55)43-40-37-34-29-18-15-12-9-6-3)44-49(54)51-47(45-52)48(53)42-39-36-33-31-28-25-22-20-17-14-11-8-5-2/h7,10,13,16,19,21,23-24,26-27,30,32,46-48,52-53H,4-6,8-9,11-12,14-15,17-18,20,22,25,28-29,31,33-45H2,1-3H3,(H,51,54)/b10-7-,16-13+,21-19+,24-23-,27-26+,32-30+. The molecule has 0 radical (unpaired) electrons. The molecule has 0 spiro atoms. The summed E-state index contributed by atoms with van der Waals surface area (Å²) in [5.74, 6) is -0.555. The highest BCUT2D eigenvalue weighted by molar-refractivity contribution is 5.77. The number of ether oxygens (including phenoxy) is 1. The Bertz CT molecular complexity index is 1060. The van der Waals surface area contributed by atoms with E-state index in [9.17, 15) is 19.8 Å². The minimum Gasteiger partial charge on any atom is -0.462 e. The van der Waals surface area contributed by atoms with E-state index in [1.165, 1.54) is 103 Å². The molecule has 1 amide bonds. The first-order valence-corrected chi connectivity index (χ1v) is 23.2. The van der Waals surface area contributed by atoms with Crippen LogP contribution in [-0.2, 0) is 14.3 Å². The highest BCUT2D eigenvalue weighted by atomic mass is 16.5. The quantitative estimate of drug-likeness (QED) is 0.0327. The monoisotopic (exact) mass is 782 g/mol. The molecular formula is C50H87NO5. The van der Waals surface area contributed by atoms with Crippen molar-refractivity contribution in [3.05, 3.63) is 72.9 Å². The van der Waals surface area contributed by atoms with Crippen molar-refractivity contribution in [2.45, 2.75) is 225 Å². The van der Waals surface area contributed by atoms with Gasteiger partial charge in [0.15, 0.2) is 0 Å². The van der Waals surface area contributed by atoms with E-state index in [-0.39, 0.29) is 24.9 Å². The van der Waals surface area contributed by atoms with Crippen LogP contribution in [0.4, 0.5) is 0 Å². The Labute approximate surface area is 345 Å². The third-order valence-corrected chi connectivity index (χ3v) is 10.2. The lowest BCUT2D eigenvalue weighted by Gasteiger charge is -2.24. The van der Waals surface area contributed by atoms with Gasteiger partial charge in [-0.1, -0.05) is 229 Å². The van der Waals surface area contributed by atoms with E-state index in [1.807, 2.05) is 60.8 Å². The number of carbonyl (C=O) groups excluding carboxylic acids is 2. The lowest BCUT2D eigenvalue weighted by atomic mass is 10.0. The summed E-state index contributed by atoms with van der Waals surface area (Å²) in [5.41, 5.74) is 0. The summed E-state index contributed by atoms with van der Waals surface area (Å²) in [4.78, 5) is 25.9. The molecule has 56 heavy (non-hydrogen) atoms. The second kappa shape index (κ2) is 43.4. The first-order valence-electron chi connectivity index (χ1n) is 23.2. The Morgan fingerprint density at radius 1 is 0.536 bits per heavy atom. The molecular weight excluding hydrogens is 695 g/mol. The number of hydrogen-bond donors (Lipinski definition) is 3. The topological polar surface area (TPSA) is 95.9 Å². The van der Waals surface area contributed by atoms with E-state index < -0.39 is 18.2 Å². The normalized spacial score (nSPS) is 14.0. The number of esters is 1. The van der Waals surface area contributed by atoms with Crippen LogP contribution in [0.1, 0.15) is 207 Å². The van der Waals surface area contributed by atoms with Crippen LogP contribution in [0.3, 0.4) is 0 Å². The molecule has 322 valence electrons. The van der Waals surface area contributed by atoms with Gasteiger partial charge in [-0.3, -0.25) is 9.59 Å². The molecule has 3 unspecified atom stereocenters. The first-order chi connectivity index (χ1) is 27.5. The second-order valence-electron chi connectivity index (χ2n) is 15.6. The molecule has 0 rings (SSSR count). The summed E-state index contributed by atoms with van der Waals surface area (Å²) in [6.07, 6.45) is 53.9.